The van der Waals surface area contributed by atoms with Crippen LogP contribution in [0.2, 0.25) is 0 Å². The van der Waals surface area contributed by atoms with Gasteiger partial charge in [-0.2, -0.15) is 4.31 Å². The van der Waals surface area contributed by atoms with Gasteiger partial charge in [0.15, 0.2) is 0 Å². The molecule has 1 heterocycles. The molecule has 100 valence electrons. The van der Waals surface area contributed by atoms with Crippen LogP contribution in [0.4, 0.5) is 0 Å². The smallest absolute Gasteiger partial charge is 0.244 e. The molecule has 0 fully saturated rings. The van der Waals surface area contributed by atoms with Crippen molar-refractivity contribution >= 4 is 15.9 Å². The van der Waals surface area contributed by atoms with E-state index in [0.29, 0.717) is 5.69 Å². The number of rotatable bonds is 5. The SMILES string of the molecule is CNC(=O)CN(C)S(=O)(=O)c1ccc(CN)nc1. The van der Waals surface area contributed by atoms with Crippen LogP contribution in [0, 0.1) is 0 Å². The molecule has 3 N–H and O–H groups in total. The van der Waals surface area contributed by atoms with E-state index in [1.54, 1.807) is 6.07 Å². The van der Waals surface area contributed by atoms with E-state index < -0.39 is 10.0 Å². The van der Waals surface area contributed by atoms with Gasteiger partial charge in [-0.15, -0.1) is 0 Å². The van der Waals surface area contributed by atoms with E-state index in [9.17, 15) is 13.2 Å². The van der Waals surface area contributed by atoms with Crippen molar-refractivity contribution in [3.8, 4) is 0 Å². The van der Waals surface area contributed by atoms with Gasteiger partial charge >= 0.3 is 0 Å². The number of aromatic nitrogens is 1. The third kappa shape index (κ3) is 3.25. The van der Waals surface area contributed by atoms with Gasteiger partial charge in [-0.1, -0.05) is 0 Å². The number of nitrogens with two attached hydrogens (primary N) is 1. The molecule has 1 amide bonds. The minimum absolute atomic E-state index is 0.0334. The summed E-state index contributed by atoms with van der Waals surface area (Å²) in [6.45, 7) is 0.00583. The lowest BCUT2D eigenvalue weighted by Crippen LogP contribution is -2.36. The van der Waals surface area contributed by atoms with Crippen molar-refractivity contribution in [3.05, 3.63) is 24.0 Å². The van der Waals surface area contributed by atoms with E-state index in [-0.39, 0.29) is 23.9 Å². The van der Waals surface area contributed by atoms with Gasteiger partial charge in [0, 0.05) is 26.8 Å². The molecule has 1 rings (SSSR count). The molecule has 0 aromatic carbocycles. The van der Waals surface area contributed by atoms with Gasteiger partial charge < -0.3 is 11.1 Å². The van der Waals surface area contributed by atoms with Crippen molar-refractivity contribution in [2.24, 2.45) is 5.73 Å². The van der Waals surface area contributed by atoms with Crippen molar-refractivity contribution in [2.75, 3.05) is 20.6 Å². The number of hydrogen-bond donors (Lipinski definition) is 2. The minimum Gasteiger partial charge on any atom is -0.358 e. The number of nitrogens with one attached hydrogen (secondary N) is 1. The fourth-order valence-electron chi connectivity index (χ4n) is 1.23. The van der Waals surface area contributed by atoms with Gasteiger partial charge in [0.1, 0.15) is 4.90 Å². The zero-order valence-electron chi connectivity index (χ0n) is 10.3. The van der Waals surface area contributed by atoms with Gasteiger partial charge in [-0.3, -0.25) is 9.78 Å². The van der Waals surface area contributed by atoms with Crippen LogP contribution in [0.25, 0.3) is 0 Å². The van der Waals surface area contributed by atoms with Crippen molar-refractivity contribution < 1.29 is 13.2 Å². The summed E-state index contributed by atoms with van der Waals surface area (Å²) in [5.41, 5.74) is 5.98. The second kappa shape index (κ2) is 5.89. The first-order valence-electron chi connectivity index (χ1n) is 5.23. The highest BCUT2D eigenvalue weighted by atomic mass is 32.2. The van der Waals surface area contributed by atoms with E-state index in [1.165, 1.54) is 26.4 Å². The Labute approximate surface area is 106 Å². The van der Waals surface area contributed by atoms with E-state index >= 15 is 0 Å². The summed E-state index contributed by atoms with van der Waals surface area (Å²) in [5, 5.41) is 2.36. The van der Waals surface area contributed by atoms with Crippen LogP contribution >= 0.6 is 0 Å². The Balaban J connectivity index is 2.94. The van der Waals surface area contributed by atoms with Crippen LogP contribution in [0.5, 0.6) is 0 Å². The zero-order chi connectivity index (χ0) is 13.8. The molecule has 0 unspecified atom stereocenters. The normalized spacial score (nSPS) is 11.6. The van der Waals surface area contributed by atoms with Gasteiger partial charge in [0.25, 0.3) is 0 Å². The number of pyridine rings is 1. The van der Waals surface area contributed by atoms with Crippen LogP contribution in [0.3, 0.4) is 0 Å². The predicted molar refractivity (Wildman–Crippen MR) is 66.0 cm³/mol. The molecule has 7 nitrogen and oxygen atoms in total. The average Bonchev–Trinajstić information content (AvgIpc) is 2.38. The molecule has 0 saturated heterocycles. The molecule has 0 bridgehead atoms. The predicted octanol–water partition coefficient (Wildman–Crippen LogP) is -1.09. The topological polar surface area (TPSA) is 105 Å². The standard InChI is InChI=1S/C10H16N4O3S/c1-12-10(15)7-14(2)18(16,17)9-4-3-8(5-11)13-6-9/h3-4,6H,5,7,11H2,1-2H3,(H,12,15). The van der Waals surface area contributed by atoms with E-state index in [1.807, 2.05) is 0 Å². The van der Waals surface area contributed by atoms with Gasteiger partial charge in [0.2, 0.25) is 15.9 Å². The highest BCUT2D eigenvalue weighted by Gasteiger charge is 2.22. The summed E-state index contributed by atoms with van der Waals surface area (Å²) in [4.78, 5) is 15.1. The summed E-state index contributed by atoms with van der Waals surface area (Å²) in [6, 6.07) is 2.96. The maximum atomic E-state index is 12.1. The molecule has 0 saturated carbocycles. The average molecular weight is 272 g/mol. The summed E-state index contributed by atoms with van der Waals surface area (Å²) in [6.07, 6.45) is 1.23. The van der Waals surface area contributed by atoms with E-state index in [4.69, 9.17) is 5.73 Å². The van der Waals surface area contributed by atoms with Crippen LogP contribution in [0.1, 0.15) is 5.69 Å². The second-order valence-corrected chi connectivity index (χ2v) is 5.67. The van der Waals surface area contributed by atoms with Crippen LogP contribution in [-0.2, 0) is 21.4 Å². The van der Waals surface area contributed by atoms with Gasteiger partial charge in [-0.05, 0) is 12.1 Å². The third-order valence-corrected chi connectivity index (χ3v) is 4.15. The molecule has 0 radical (unpaired) electrons. The zero-order valence-corrected chi connectivity index (χ0v) is 11.1. The molecule has 1 aromatic rings. The van der Waals surface area contributed by atoms with Crippen molar-refractivity contribution in [2.45, 2.75) is 11.4 Å². The fraction of sp³-hybridized carbons (Fsp3) is 0.400. The quantitative estimate of drug-likeness (QED) is 0.708. The summed E-state index contributed by atoms with van der Waals surface area (Å²) in [7, 11) is -0.920. The molecule has 8 heteroatoms. The summed E-state index contributed by atoms with van der Waals surface area (Å²) < 4.78 is 25.1. The molecule has 0 aliphatic carbocycles. The van der Waals surface area contributed by atoms with Crippen molar-refractivity contribution in [1.82, 2.24) is 14.6 Å². The largest absolute Gasteiger partial charge is 0.358 e. The summed E-state index contributed by atoms with van der Waals surface area (Å²) in [5.74, 6) is -0.382. The molecule has 0 spiro atoms. The minimum atomic E-state index is -3.70. The lowest BCUT2D eigenvalue weighted by atomic mass is 10.4. The van der Waals surface area contributed by atoms with Crippen molar-refractivity contribution in [3.63, 3.8) is 0 Å². The monoisotopic (exact) mass is 272 g/mol. The second-order valence-electron chi connectivity index (χ2n) is 3.62. The molecule has 1 aromatic heterocycles. The Kier molecular flexibility index (Phi) is 4.76. The number of nitrogens with zero attached hydrogens (tertiary/aromatic N) is 2. The number of carbonyl (C=O) groups excluding carboxylic acids is 1. The van der Waals surface area contributed by atoms with Crippen LogP contribution in [0.15, 0.2) is 23.2 Å². The first-order chi connectivity index (χ1) is 8.41. The molecular formula is C10H16N4O3S. The maximum Gasteiger partial charge on any atom is 0.244 e. The van der Waals surface area contributed by atoms with E-state index in [0.717, 1.165) is 4.31 Å². The summed E-state index contributed by atoms with van der Waals surface area (Å²) >= 11 is 0. The lowest BCUT2D eigenvalue weighted by molar-refractivity contribution is -0.120. The number of hydrogen-bond acceptors (Lipinski definition) is 5. The van der Waals surface area contributed by atoms with Crippen LogP contribution in [-0.4, -0.2) is 44.3 Å². The highest BCUT2D eigenvalue weighted by Crippen LogP contribution is 2.12. The maximum absolute atomic E-state index is 12.1. The van der Waals surface area contributed by atoms with Crippen molar-refractivity contribution in [1.29, 1.82) is 0 Å². The Bertz CT molecular complexity index is 512. The third-order valence-electron chi connectivity index (χ3n) is 2.36. The molecule has 0 aliphatic rings. The number of carbonyl (C=O) groups is 1. The first kappa shape index (κ1) is 14.6. The number of amides is 1. The highest BCUT2D eigenvalue weighted by molar-refractivity contribution is 7.89. The van der Waals surface area contributed by atoms with Crippen LogP contribution < -0.4 is 11.1 Å². The Hall–Kier alpha value is -1.51. The molecule has 0 aliphatic heterocycles. The fourth-order valence-corrected chi connectivity index (χ4v) is 2.30. The van der Waals surface area contributed by atoms with Gasteiger partial charge in [-0.25, -0.2) is 8.42 Å². The molecule has 18 heavy (non-hydrogen) atoms. The lowest BCUT2D eigenvalue weighted by Gasteiger charge is -2.16. The molecular weight excluding hydrogens is 256 g/mol. The Morgan fingerprint density at radius 1 is 1.50 bits per heavy atom. The first-order valence-corrected chi connectivity index (χ1v) is 6.67. The van der Waals surface area contributed by atoms with Gasteiger partial charge in [0.05, 0.1) is 12.2 Å². The van der Waals surface area contributed by atoms with E-state index in [2.05, 4.69) is 10.3 Å². The Morgan fingerprint density at radius 3 is 2.61 bits per heavy atom. The number of sulfonamides is 1. The number of likely N-dealkylation sites (N-methyl/N-ethyl adjacent to an activating group) is 2. The Morgan fingerprint density at radius 2 is 2.17 bits per heavy atom. The molecule has 0 atom stereocenters.